The third-order valence-corrected chi connectivity index (χ3v) is 2.49. The number of nitrogens with one attached hydrogen (secondary N) is 1. The smallest absolute Gasteiger partial charge is 0.0343 e. The number of rotatable bonds is 4. The molecule has 0 amide bonds. The van der Waals surface area contributed by atoms with Crippen LogP contribution < -0.4 is 5.32 Å². The first kappa shape index (κ1) is 11.3. The van der Waals surface area contributed by atoms with Gasteiger partial charge in [-0.2, -0.15) is 0 Å². The number of benzene rings is 1. The second-order valence-corrected chi connectivity index (χ2v) is 4.19. The van der Waals surface area contributed by atoms with Crippen LogP contribution in [0.1, 0.15) is 37.9 Å². The minimum absolute atomic E-state index is 0.486. The lowest BCUT2D eigenvalue weighted by Gasteiger charge is -2.22. The molecule has 1 heteroatoms. The molecule has 1 N–H and O–H groups in total. The summed E-state index contributed by atoms with van der Waals surface area (Å²) in [7, 11) is 0. The van der Waals surface area contributed by atoms with E-state index in [0.717, 1.165) is 6.54 Å². The Morgan fingerprint density at radius 1 is 1.29 bits per heavy atom. The Kier molecular flexibility index (Phi) is 4.15. The summed E-state index contributed by atoms with van der Waals surface area (Å²) in [6, 6.07) is 9.25. The van der Waals surface area contributed by atoms with Crippen molar-refractivity contribution in [3.8, 4) is 0 Å². The monoisotopic (exact) mass is 191 g/mol. The highest BCUT2D eigenvalue weighted by Gasteiger charge is 2.13. The molecule has 0 fully saturated rings. The molecular weight excluding hydrogens is 170 g/mol. The molecule has 0 saturated heterocycles. The molecule has 0 radical (unpaired) electrons. The van der Waals surface area contributed by atoms with Crippen LogP contribution in [0.5, 0.6) is 0 Å². The number of hydrogen-bond donors (Lipinski definition) is 1. The molecule has 0 aliphatic rings. The Morgan fingerprint density at radius 3 is 2.50 bits per heavy atom. The van der Waals surface area contributed by atoms with Crippen LogP contribution in [-0.4, -0.2) is 6.54 Å². The van der Waals surface area contributed by atoms with Gasteiger partial charge < -0.3 is 5.32 Å². The van der Waals surface area contributed by atoms with Crippen molar-refractivity contribution in [3.63, 3.8) is 0 Å². The lowest BCUT2D eigenvalue weighted by Crippen LogP contribution is -2.25. The molecule has 0 aliphatic heterocycles. The minimum Gasteiger partial charge on any atom is -0.310 e. The van der Waals surface area contributed by atoms with Gasteiger partial charge in [0.1, 0.15) is 0 Å². The minimum atomic E-state index is 0.486. The van der Waals surface area contributed by atoms with Gasteiger partial charge in [0.25, 0.3) is 0 Å². The molecule has 0 spiro atoms. The molecule has 1 atom stereocenters. The van der Waals surface area contributed by atoms with E-state index in [4.69, 9.17) is 0 Å². The van der Waals surface area contributed by atoms with E-state index < -0.39 is 0 Å². The summed E-state index contributed by atoms with van der Waals surface area (Å²) in [6.07, 6.45) is 0. The van der Waals surface area contributed by atoms with Crippen molar-refractivity contribution in [3.05, 3.63) is 35.4 Å². The SMILES string of the molecule is CCNC(c1cccc(C)c1)C(C)C. The van der Waals surface area contributed by atoms with Crippen LogP contribution in [0, 0.1) is 12.8 Å². The van der Waals surface area contributed by atoms with Gasteiger partial charge in [-0.05, 0) is 24.9 Å². The van der Waals surface area contributed by atoms with E-state index in [1.807, 2.05) is 0 Å². The summed E-state index contributed by atoms with van der Waals surface area (Å²) < 4.78 is 0. The third-order valence-electron chi connectivity index (χ3n) is 2.49. The quantitative estimate of drug-likeness (QED) is 0.770. The Bertz CT molecular complexity index is 278. The Labute approximate surface area is 87.5 Å². The van der Waals surface area contributed by atoms with Crippen molar-refractivity contribution < 1.29 is 0 Å². The molecule has 14 heavy (non-hydrogen) atoms. The lowest BCUT2D eigenvalue weighted by atomic mass is 9.95. The fraction of sp³-hybridized carbons (Fsp3) is 0.538. The largest absolute Gasteiger partial charge is 0.310 e. The van der Waals surface area contributed by atoms with E-state index in [0.29, 0.717) is 12.0 Å². The van der Waals surface area contributed by atoms with Gasteiger partial charge in [0.15, 0.2) is 0 Å². The second-order valence-electron chi connectivity index (χ2n) is 4.19. The molecule has 0 aliphatic carbocycles. The first-order valence-corrected chi connectivity index (χ1v) is 5.45. The molecule has 0 aromatic heterocycles. The fourth-order valence-corrected chi connectivity index (χ4v) is 1.82. The van der Waals surface area contributed by atoms with E-state index in [1.54, 1.807) is 0 Å². The number of hydrogen-bond acceptors (Lipinski definition) is 1. The number of aryl methyl sites for hydroxylation is 1. The Hall–Kier alpha value is -0.820. The third kappa shape index (κ3) is 2.85. The summed E-state index contributed by atoms with van der Waals surface area (Å²) in [4.78, 5) is 0. The highest BCUT2D eigenvalue weighted by Crippen LogP contribution is 2.21. The molecular formula is C13H21N. The molecule has 0 heterocycles. The summed E-state index contributed by atoms with van der Waals surface area (Å²) >= 11 is 0. The van der Waals surface area contributed by atoms with Crippen molar-refractivity contribution in [1.82, 2.24) is 5.32 Å². The van der Waals surface area contributed by atoms with Crippen molar-refractivity contribution in [2.45, 2.75) is 33.7 Å². The molecule has 78 valence electrons. The molecule has 1 rings (SSSR count). The normalized spacial score (nSPS) is 13.2. The van der Waals surface area contributed by atoms with Crippen LogP contribution in [0.2, 0.25) is 0 Å². The van der Waals surface area contributed by atoms with E-state index in [-0.39, 0.29) is 0 Å². The van der Waals surface area contributed by atoms with Crippen LogP contribution >= 0.6 is 0 Å². The second kappa shape index (κ2) is 5.16. The molecule has 1 nitrogen and oxygen atoms in total. The molecule has 0 saturated carbocycles. The van der Waals surface area contributed by atoms with Crippen molar-refractivity contribution in [2.75, 3.05) is 6.54 Å². The predicted octanol–water partition coefficient (Wildman–Crippen LogP) is 3.30. The first-order chi connectivity index (χ1) is 6.65. The van der Waals surface area contributed by atoms with Gasteiger partial charge in [-0.15, -0.1) is 0 Å². The molecule has 1 unspecified atom stereocenters. The first-order valence-electron chi connectivity index (χ1n) is 5.45. The summed E-state index contributed by atoms with van der Waals surface area (Å²) in [6.45, 7) is 9.85. The van der Waals surface area contributed by atoms with Crippen LogP contribution in [0.25, 0.3) is 0 Å². The Morgan fingerprint density at radius 2 is 2.00 bits per heavy atom. The van der Waals surface area contributed by atoms with E-state index in [2.05, 4.69) is 57.3 Å². The summed E-state index contributed by atoms with van der Waals surface area (Å²) in [5.41, 5.74) is 2.74. The average molecular weight is 191 g/mol. The zero-order valence-corrected chi connectivity index (χ0v) is 9.67. The maximum atomic E-state index is 3.53. The highest BCUT2D eigenvalue weighted by molar-refractivity contribution is 5.25. The van der Waals surface area contributed by atoms with Gasteiger partial charge in [-0.1, -0.05) is 50.6 Å². The predicted molar refractivity (Wildman–Crippen MR) is 62.4 cm³/mol. The molecule has 1 aromatic carbocycles. The maximum Gasteiger partial charge on any atom is 0.0343 e. The molecule has 0 bridgehead atoms. The van der Waals surface area contributed by atoms with E-state index >= 15 is 0 Å². The van der Waals surface area contributed by atoms with Crippen LogP contribution in [0.15, 0.2) is 24.3 Å². The highest BCUT2D eigenvalue weighted by atomic mass is 14.9. The van der Waals surface area contributed by atoms with Crippen LogP contribution in [-0.2, 0) is 0 Å². The van der Waals surface area contributed by atoms with Crippen LogP contribution in [0.3, 0.4) is 0 Å². The van der Waals surface area contributed by atoms with Crippen molar-refractivity contribution >= 4 is 0 Å². The van der Waals surface area contributed by atoms with Gasteiger partial charge in [0, 0.05) is 6.04 Å². The fourth-order valence-electron chi connectivity index (χ4n) is 1.82. The Balaban J connectivity index is 2.87. The van der Waals surface area contributed by atoms with E-state index in [1.165, 1.54) is 11.1 Å². The maximum absolute atomic E-state index is 3.53. The van der Waals surface area contributed by atoms with Gasteiger partial charge in [-0.25, -0.2) is 0 Å². The van der Waals surface area contributed by atoms with Gasteiger partial charge in [0.05, 0.1) is 0 Å². The zero-order valence-electron chi connectivity index (χ0n) is 9.67. The molecule has 1 aromatic rings. The summed E-state index contributed by atoms with van der Waals surface area (Å²) in [5, 5.41) is 3.53. The van der Waals surface area contributed by atoms with Crippen molar-refractivity contribution in [1.29, 1.82) is 0 Å². The lowest BCUT2D eigenvalue weighted by molar-refractivity contribution is 0.421. The zero-order chi connectivity index (χ0) is 10.6. The standard InChI is InChI=1S/C13H21N/c1-5-14-13(10(2)3)12-8-6-7-11(4)9-12/h6-10,13-14H,5H2,1-4H3. The summed E-state index contributed by atoms with van der Waals surface area (Å²) in [5.74, 6) is 0.636. The van der Waals surface area contributed by atoms with Gasteiger partial charge in [0.2, 0.25) is 0 Å². The van der Waals surface area contributed by atoms with Crippen LogP contribution in [0.4, 0.5) is 0 Å². The van der Waals surface area contributed by atoms with Crippen molar-refractivity contribution in [2.24, 2.45) is 5.92 Å². The topological polar surface area (TPSA) is 12.0 Å². The van der Waals surface area contributed by atoms with Gasteiger partial charge in [-0.3, -0.25) is 0 Å². The average Bonchev–Trinajstić information content (AvgIpc) is 2.13. The van der Waals surface area contributed by atoms with E-state index in [9.17, 15) is 0 Å². The van der Waals surface area contributed by atoms with Gasteiger partial charge >= 0.3 is 0 Å².